The lowest BCUT2D eigenvalue weighted by Crippen LogP contribution is -2.17. The quantitative estimate of drug-likeness (QED) is 0.427. The number of nitro groups is 1. The highest BCUT2D eigenvalue weighted by Crippen LogP contribution is 2.25. The number of hydrogen-bond acceptors (Lipinski definition) is 7. The van der Waals surface area contributed by atoms with Gasteiger partial charge in [-0.2, -0.15) is 0 Å². The van der Waals surface area contributed by atoms with Crippen molar-refractivity contribution in [3.63, 3.8) is 0 Å². The van der Waals surface area contributed by atoms with Gasteiger partial charge in [-0.05, 0) is 46.7 Å². The number of aromatic nitrogens is 2. The van der Waals surface area contributed by atoms with Crippen LogP contribution < -0.4 is 0 Å². The van der Waals surface area contributed by atoms with E-state index >= 15 is 0 Å². The van der Waals surface area contributed by atoms with Gasteiger partial charge in [0.15, 0.2) is 10.4 Å². The van der Waals surface area contributed by atoms with Gasteiger partial charge < -0.3 is 8.83 Å². The standard InChI is InChI=1S/C15H12BrClN4O4/c1-20(7-9-6-10(21(22)23)2-3-11(9)17)8-14-18-19-15(25-14)12-4-5-13(16)24-12/h2-6H,7-8H2,1H3. The first-order valence-electron chi connectivity index (χ1n) is 7.12. The van der Waals surface area contributed by atoms with E-state index in [1.165, 1.54) is 18.2 Å². The van der Waals surface area contributed by atoms with Crippen LogP contribution in [0.4, 0.5) is 5.69 Å². The third kappa shape index (κ3) is 4.25. The summed E-state index contributed by atoms with van der Waals surface area (Å²) in [5, 5.41) is 19.3. The predicted octanol–water partition coefficient (Wildman–Crippen LogP) is 4.29. The topological polar surface area (TPSA) is 98.4 Å². The Hall–Kier alpha value is -2.23. The molecule has 0 radical (unpaired) electrons. The van der Waals surface area contributed by atoms with Gasteiger partial charge in [0.2, 0.25) is 5.89 Å². The van der Waals surface area contributed by atoms with Crippen LogP contribution in [0.3, 0.4) is 0 Å². The Morgan fingerprint density at radius 1 is 1.24 bits per heavy atom. The molecule has 3 aromatic rings. The molecular weight excluding hydrogens is 416 g/mol. The molecule has 0 unspecified atom stereocenters. The van der Waals surface area contributed by atoms with Crippen molar-refractivity contribution in [2.24, 2.45) is 0 Å². The highest BCUT2D eigenvalue weighted by atomic mass is 79.9. The Balaban J connectivity index is 1.69. The molecule has 0 bridgehead atoms. The second-order valence-corrected chi connectivity index (χ2v) is 6.50. The average molecular weight is 428 g/mol. The van der Waals surface area contributed by atoms with Crippen LogP contribution in [-0.2, 0) is 13.1 Å². The first kappa shape index (κ1) is 17.6. The summed E-state index contributed by atoms with van der Waals surface area (Å²) < 4.78 is 11.5. The van der Waals surface area contributed by atoms with Crippen molar-refractivity contribution in [2.45, 2.75) is 13.1 Å². The van der Waals surface area contributed by atoms with E-state index in [1.54, 1.807) is 12.1 Å². The van der Waals surface area contributed by atoms with Gasteiger partial charge in [-0.15, -0.1) is 10.2 Å². The van der Waals surface area contributed by atoms with Crippen LogP contribution >= 0.6 is 27.5 Å². The summed E-state index contributed by atoms with van der Waals surface area (Å²) in [6.45, 7) is 0.748. The van der Waals surface area contributed by atoms with Crippen molar-refractivity contribution in [3.05, 3.63) is 61.6 Å². The first-order valence-corrected chi connectivity index (χ1v) is 8.29. The largest absolute Gasteiger partial charge is 0.444 e. The lowest BCUT2D eigenvalue weighted by Gasteiger charge is -2.15. The highest BCUT2D eigenvalue weighted by Gasteiger charge is 2.15. The van der Waals surface area contributed by atoms with Crippen LogP contribution in [0.15, 0.2) is 43.8 Å². The Labute approximate surface area is 155 Å². The Morgan fingerprint density at radius 2 is 2.04 bits per heavy atom. The second-order valence-electron chi connectivity index (χ2n) is 5.31. The molecule has 0 aliphatic heterocycles. The number of nitro benzene ring substituents is 1. The van der Waals surface area contributed by atoms with Gasteiger partial charge >= 0.3 is 0 Å². The lowest BCUT2D eigenvalue weighted by molar-refractivity contribution is -0.384. The van der Waals surface area contributed by atoms with E-state index in [0.29, 0.717) is 40.0 Å². The second kappa shape index (κ2) is 7.34. The minimum absolute atomic E-state index is 0.00345. The number of benzene rings is 1. The average Bonchev–Trinajstić information content (AvgIpc) is 3.18. The summed E-state index contributed by atoms with van der Waals surface area (Å²) in [4.78, 5) is 12.3. The van der Waals surface area contributed by atoms with E-state index in [1.807, 2.05) is 11.9 Å². The smallest absolute Gasteiger partial charge is 0.283 e. The zero-order valence-corrected chi connectivity index (χ0v) is 15.3. The molecule has 1 aromatic carbocycles. The van der Waals surface area contributed by atoms with E-state index in [9.17, 15) is 10.1 Å². The molecular formula is C15H12BrClN4O4. The molecule has 10 heteroatoms. The van der Waals surface area contributed by atoms with Crippen LogP contribution in [-0.4, -0.2) is 27.1 Å². The number of rotatable bonds is 6. The molecule has 130 valence electrons. The number of hydrogen-bond donors (Lipinski definition) is 0. The highest BCUT2D eigenvalue weighted by molar-refractivity contribution is 9.10. The van der Waals surface area contributed by atoms with Gasteiger partial charge in [-0.1, -0.05) is 11.6 Å². The van der Waals surface area contributed by atoms with E-state index in [4.69, 9.17) is 20.4 Å². The third-order valence-corrected chi connectivity index (χ3v) is 4.13. The van der Waals surface area contributed by atoms with Crippen molar-refractivity contribution in [3.8, 4) is 11.7 Å². The Kier molecular flexibility index (Phi) is 5.16. The molecule has 0 saturated heterocycles. The van der Waals surface area contributed by atoms with Crippen molar-refractivity contribution in [1.29, 1.82) is 0 Å². The summed E-state index contributed by atoms with van der Waals surface area (Å²) >= 11 is 9.33. The van der Waals surface area contributed by atoms with Crippen molar-refractivity contribution < 1.29 is 13.8 Å². The number of halogens is 2. The van der Waals surface area contributed by atoms with Gasteiger partial charge in [-0.3, -0.25) is 15.0 Å². The SMILES string of the molecule is CN(Cc1nnc(-c2ccc(Br)o2)o1)Cc1cc([N+](=O)[O-])ccc1Cl. The molecule has 0 fully saturated rings. The normalized spacial score (nSPS) is 11.2. The zero-order chi connectivity index (χ0) is 18.0. The molecule has 0 amide bonds. The Bertz CT molecular complexity index is 911. The zero-order valence-electron chi connectivity index (χ0n) is 13.0. The summed E-state index contributed by atoms with van der Waals surface area (Å²) in [6, 6.07) is 7.79. The minimum Gasteiger partial charge on any atom is -0.444 e. The molecule has 0 N–H and O–H groups in total. The molecule has 0 spiro atoms. The summed E-state index contributed by atoms with van der Waals surface area (Å²) in [5.41, 5.74) is 0.643. The maximum atomic E-state index is 10.9. The van der Waals surface area contributed by atoms with Crippen LogP contribution in [0, 0.1) is 10.1 Å². The van der Waals surface area contributed by atoms with Crippen molar-refractivity contribution >= 4 is 33.2 Å². The lowest BCUT2D eigenvalue weighted by atomic mass is 10.2. The maximum absolute atomic E-state index is 10.9. The minimum atomic E-state index is -0.453. The molecule has 3 rings (SSSR count). The number of furan rings is 1. The molecule has 0 atom stereocenters. The summed E-state index contributed by atoms with van der Waals surface area (Å²) in [6.07, 6.45) is 0. The number of non-ortho nitro benzene ring substituents is 1. The molecule has 0 aliphatic rings. The fourth-order valence-corrected chi connectivity index (χ4v) is 2.70. The van der Waals surface area contributed by atoms with Gasteiger partial charge in [0.05, 0.1) is 11.5 Å². The molecule has 25 heavy (non-hydrogen) atoms. The van der Waals surface area contributed by atoms with Gasteiger partial charge in [-0.25, -0.2) is 0 Å². The van der Waals surface area contributed by atoms with Crippen LogP contribution in [0.1, 0.15) is 11.5 Å². The van der Waals surface area contributed by atoms with Gasteiger partial charge in [0.1, 0.15) is 0 Å². The fourth-order valence-electron chi connectivity index (χ4n) is 2.22. The molecule has 8 nitrogen and oxygen atoms in total. The maximum Gasteiger partial charge on any atom is 0.283 e. The summed E-state index contributed by atoms with van der Waals surface area (Å²) in [7, 11) is 1.82. The monoisotopic (exact) mass is 426 g/mol. The van der Waals surface area contributed by atoms with Crippen LogP contribution in [0.5, 0.6) is 0 Å². The molecule has 0 aliphatic carbocycles. The molecule has 2 heterocycles. The van der Waals surface area contributed by atoms with Gasteiger partial charge in [0.25, 0.3) is 11.6 Å². The molecule has 2 aromatic heterocycles. The van der Waals surface area contributed by atoms with Crippen LogP contribution in [0.2, 0.25) is 5.02 Å². The van der Waals surface area contributed by atoms with E-state index < -0.39 is 4.92 Å². The van der Waals surface area contributed by atoms with E-state index in [2.05, 4.69) is 26.1 Å². The summed E-state index contributed by atoms with van der Waals surface area (Å²) in [5.74, 6) is 1.14. The van der Waals surface area contributed by atoms with E-state index in [-0.39, 0.29) is 11.6 Å². The number of nitrogens with zero attached hydrogens (tertiary/aromatic N) is 4. The Morgan fingerprint density at radius 3 is 2.72 bits per heavy atom. The van der Waals surface area contributed by atoms with Crippen LogP contribution in [0.25, 0.3) is 11.7 Å². The van der Waals surface area contributed by atoms with Crippen molar-refractivity contribution in [2.75, 3.05) is 7.05 Å². The van der Waals surface area contributed by atoms with Crippen molar-refractivity contribution in [1.82, 2.24) is 15.1 Å². The van der Waals surface area contributed by atoms with Gasteiger partial charge in [0, 0.05) is 23.7 Å². The van der Waals surface area contributed by atoms with E-state index in [0.717, 1.165) is 0 Å². The fraction of sp³-hybridized carbons (Fsp3) is 0.200. The predicted molar refractivity (Wildman–Crippen MR) is 93.0 cm³/mol. The first-order chi connectivity index (χ1) is 11.9. The molecule has 0 saturated carbocycles. The third-order valence-electron chi connectivity index (χ3n) is 3.34.